The van der Waals surface area contributed by atoms with Crippen LogP contribution in [0.15, 0.2) is 18.2 Å². The Bertz CT molecular complexity index is 867. The Kier molecular flexibility index (Phi) is 12.2. The first-order chi connectivity index (χ1) is 17.9. The SMILES string of the molecule is CN[C@H](CNC(=O)N1CCC[C@@H]([C@@H](OCCNC(=O)OC)c2cccc(Cl)c2C)C1)C[C@H]1CCCOC1. The molecule has 3 N–H and O–H groups in total. The first-order valence-corrected chi connectivity index (χ1v) is 13.8. The summed E-state index contributed by atoms with van der Waals surface area (Å²) in [6.07, 6.45) is 4.37. The van der Waals surface area contributed by atoms with Crippen LogP contribution in [-0.2, 0) is 14.2 Å². The standard InChI is InChI=1S/C27H43ClN4O5/c1-19-23(9-4-10-24(19)28)25(37-14-11-30-27(34)35-3)21-8-5-12-32(17-21)26(33)31-16-22(29-2)15-20-7-6-13-36-18-20/h4,9-10,20-22,25,29H,5-8,11-18H2,1-3H3,(H,30,34)(H,31,33)/t20-,21-,22+,25-/m1/s1. The lowest BCUT2D eigenvalue weighted by molar-refractivity contribution is -0.00885. The molecule has 0 aliphatic carbocycles. The number of urea groups is 1. The molecule has 1 aromatic rings. The fourth-order valence-corrected chi connectivity index (χ4v) is 5.47. The smallest absolute Gasteiger partial charge is 0.406 e. The van der Waals surface area contributed by atoms with Crippen molar-refractivity contribution in [3.63, 3.8) is 0 Å². The summed E-state index contributed by atoms with van der Waals surface area (Å²) in [4.78, 5) is 26.5. The molecule has 0 radical (unpaired) electrons. The molecule has 4 atom stereocenters. The van der Waals surface area contributed by atoms with Gasteiger partial charge in [0.25, 0.3) is 0 Å². The number of piperidine rings is 1. The Morgan fingerprint density at radius 3 is 2.81 bits per heavy atom. The van der Waals surface area contributed by atoms with Crippen LogP contribution in [-0.4, -0.2) is 83.2 Å². The van der Waals surface area contributed by atoms with Gasteiger partial charge in [-0.2, -0.15) is 0 Å². The highest BCUT2D eigenvalue weighted by molar-refractivity contribution is 6.31. The Hall–Kier alpha value is -2.07. The predicted molar refractivity (Wildman–Crippen MR) is 144 cm³/mol. The number of benzene rings is 1. The summed E-state index contributed by atoms with van der Waals surface area (Å²) in [6, 6.07) is 6.00. The van der Waals surface area contributed by atoms with Crippen molar-refractivity contribution in [2.75, 3.05) is 60.2 Å². The number of carbonyl (C=O) groups is 2. The van der Waals surface area contributed by atoms with E-state index >= 15 is 0 Å². The summed E-state index contributed by atoms with van der Waals surface area (Å²) in [5.41, 5.74) is 1.99. The average Bonchev–Trinajstić information content (AvgIpc) is 2.93. The Morgan fingerprint density at radius 1 is 1.24 bits per heavy atom. The van der Waals surface area contributed by atoms with Gasteiger partial charge in [-0.05, 0) is 69.2 Å². The van der Waals surface area contributed by atoms with Gasteiger partial charge in [0.1, 0.15) is 0 Å². The highest BCUT2D eigenvalue weighted by Gasteiger charge is 2.32. The van der Waals surface area contributed by atoms with E-state index in [4.69, 9.17) is 21.1 Å². The van der Waals surface area contributed by atoms with Crippen molar-refractivity contribution in [2.45, 2.75) is 51.2 Å². The fourth-order valence-electron chi connectivity index (χ4n) is 5.29. The van der Waals surface area contributed by atoms with Crippen LogP contribution in [0.25, 0.3) is 0 Å². The quantitative estimate of drug-likeness (QED) is 0.370. The number of methoxy groups -OCH3 is 1. The van der Waals surface area contributed by atoms with Gasteiger partial charge in [0, 0.05) is 56.4 Å². The van der Waals surface area contributed by atoms with Crippen molar-refractivity contribution in [3.05, 3.63) is 34.3 Å². The Labute approximate surface area is 225 Å². The predicted octanol–water partition coefficient (Wildman–Crippen LogP) is 3.89. The van der Waals surface area contributed by atoms with Crippen molar-refractivity contribution >= 4 is 23.7 Å². The lowest BCUT2D eigenvalue weighted by Gasteiger charge is -2.38. The number of alkyl carbamates (subject to hydrolysis) is 1. The largest absolute Gasteiger partial charge is 0.453 e. The average molecular weight is 539 g/mol. The number of hydrogen-bond acceptors (Lipinski definition) is 6. The minimum atomic E-state index is -0.490. The van der Waals surface area contributed by atoms with E-state index in [0.29, 0.717) is 43.7 Å². The normalized spacial score (nSPS) is 21.7. The number of nitrogens with zero attached hydrogens (tertiary/aromatic N) is 1. The number of halogens is 1. The van der Waals surface area contributed by atoms with Crippen LogP contribution in [0.1, 0.15) is 49.3 Å². The van der Waals surface area contributed by atoms with E-state index in [1.165, 1.54) is 13.5 Å². The third-order valence-electron chi connectivity index (χ3n) is 7.42. The number of ether oxygens (including phenoxy) is 3. The van der Waals surface area contributed by atoms with E-state index in [0.717, 1.165) is 50.0 Å². The number of likely N-dealkylation sites (N-methyl/N-ethyl adjacent to an activating group) is 1. The van der Waals surface area contributed by atoms with Crippen LogP contribution in [0.5, 0.6) is 0 Å². The van der Waals surface area contributed by atoms with Gasteiger partial charge in [0.05, 0.1) is 19.8 Å². The van der Waals surface area contributed by atoms with Gasteiger partial charge in [-0.1, -0.05) is 23.7 Å². The third-order valence-corrected chi connectivity index (χ3v) is 7.83. The zero-order chi connectivity index (χ0) is 26.6. The molecule has 1 aromatic carbocycles. The van der Waals surface area contributed by atoms with Crippen LogP contribution >= 0.6 is 11.6 Å². The summed E-state index contributed by atoms with van der Waals surface area (Å²) in [7, 11) is 3.28. The molecule has 2 aliphatic heterocycles. The number of hydrogen-bond donors (Lipinski definition) is 3. The second-order valence-electron chi connectivity index (χ2n) is 10.0. The molecular formula is C27H43ClN4O5. The molecule has 2 aliphatic rings. The number of amides is 3. The second kappa shape index (κ2) is 15.4. The molecule has 0 saturated carbocycles. The maximum absolute atomic E-state index is 13.1. The number of nitrogens with one attached hydrogen (secondary N) is 3. The topological polar surface area (TPSA) is 101 Å². The van der Waals surface area contributed by atoms with Crippen molar-refractivity contribution in [1.29, 1.82) is 0 Å². The van der Waals surface area contributed by atoms with Gasteiger partial charge in [-0.3, -0.25) is 0 Å². The minimum Gasteiger partial charge on any atom is -0.453 e. The maximum Gasteiger partial charge on any atom is 0.406 e. The molecule has 0 bridgehead atoms. The van der Waals surface area contributed by atoms with Crippen LogP contribution in [0.3, 0.4) is 0 Å². The molecule has 0 unspecified atom stereocenters. The Morgan fingerprint density at radius 2 is 2.08 bits per heavy atom. The zero-order valence-electron chi connectivity index (χ0n) is 22.4. The van der Waals surface area contributed by atoms with E-state index in [-0.39, 0.29) is 24.1 Å². The zero-order valence-corrected chi connectivity index (χ0v) is 23.1. The van der Waals surface area contributed by atoms with E-state index in [2.05, 4.69) is 20.7 Å². The summed E-state index contributed by atoms with van der Waals surface area (Å²) in [5, 5.41) is 9.83. The summed E-state index contributed by atoms with van der Waals surface area (Å²) in [5.74, 6) is 0.643. The van der Waals surface area contributed by atoms with Crippen LogP contribution in [0.2, 0.25) is 5.02 Å². The van der Waals surface area contributed by atoms with Crippen molar-refractivity contribution < 1.29 is 23.8 Å². The molecule has 2 heterocycles. The molecule has 0 spiro atoms. The van der Waals surface area contributed by atoms with Crippen LogP contribution < -0.4 is 16.0 Å². The monoisotopic (exact) mass is 538 g/mol. The molecule has 3 amide bonds. The van der Waals surface area contributed by atoms with Gasteiger partial charge in [-0.25, -0.2) is 9.59 Å². The third kappa shape index (κ3) is 9.02. The number of rotatable bonds is 11. The molecule has 2 saturated heterocycles. The molecule has 208 valence electrons. The number of carbonyl (C=O) groups excluding carboxylic acids is 2. The second-order valence-corrected chi connectivity index (χ2v) is 10.4. The van der Waals surface area contributed by atoms with Crippen molar-refractivity contribution in [2.24, 2.45) is 11.8 Å². The molecule has 0 aromatic heterocycles. The molecule has 9 nitrogen and oxygen atoms in total. The van der Waals surface area contributed by atoms with Gasteiger partial charge in [0.15, 0.2) is 0 Å². The maximum atomic E-state index is 13.1. The van der Waals surface area contributed by atoms with E-state index < -0.39 is 6.09 Å². The molecule has 2 fully saturated rings. The summed E-state index contributed by atoms with van der Waals surface area (Å²) < 4.78 is 16.6. The van der Waals surface area contributed by atoms with E-state index in [9.17, 15) is 9.59 Å². The van der Waals surface area contributed by atoms with Crippen LogP contribution in [0, 0.1) is 18.8 Å². The lowest BCUT2D eigenvalue weighted by Crippen LogP contribution is -2.50. The van der Waals surface area contributed by atoms with Gasteiger partial charge in [0.2, 0.25) is 0 Å². The van der Waals surface area contributed by atoms with Crippen LogP contribution in [0.4, 0.5) is 9.59 Å². The number of likely N-dealkylation sites (tertiary alicyclic amines) is 1. The van der Waals surface area contributed by atoms with Crippen molar-refractivity contribution in [1.82, 2.24) is 20.9 Å². The van der Waals surface area contributed by atoms with Gasteiger partial charge in [-0.15, -0.1) is 0 Å². The molecule has 37 heavy (non-hydrogen) atoms. The minimum absolute atomic E-state index is 0.0428. The van der Waals surface area contributed by atoms with Crippen molar-refractivity contribution in [3.8, 4) is 0 Å². The van der Waals surface area contributed by atoms with E-state index in [1.807, 2.05) is 37.1 Å². The first-order valence-electron chi connectivity index (χ1n) is 13.4. The molecular weight excluding hydrogens is 496 g/mol. The molecule has 3 rings (SSSR count). The van der Waals surface area contributed by atoms with E-state index in [1.54, 1.807) is 0 Å². The summed E-state index contributed by atoms with van der Waals surface area (Å²) >= 11 is 6.43. The highest BCUT2D eigenvalue weighted by atomic mass is 35.5. The molecule has 10 heteroatoms. The van der Waals surface area contributed by atoms with Gasteiger partial charge >= 0.3 is 12.1 Å². The Balaban J connectivity index is 1.60. The highest BCUT2D eigenvalue weighted by Crippen LogP contribution is 2.36. The first kappa shape index (κ1) is 29.5. The summed E-state index contributed by atoms with van der Waals surface area (Å²) in [6.45, 7) is 6.19. The fraction of sp³-hybridized carbons (Fsp3) is 0.704. The lowest BCUT2D eigenvalue weighted by atomic mass is 9.86. The van der Waals surface area contributed by atoms with Gasteiger partial charge < -0.3 is 35.1 Å².